The van der Waals surface area contributed by atoms with Crippen LogP contribution in [0.15, 0.2) is 30.5 Å². The lowest BCUT2D eigenvalue weighted by Crippen LogP contribution is -2.19. The van der Waals surface area contributed by atoms with Crippen molar-refractivity contribution in [2.24, 2.45) is 5.73 Å². The maximum atomic E-state index is 11.9. The van der Waals surface area contributed by atoms with E-state index in [1.54, 1.807) is 25.4 Å². The number of carbonyl (C=O) groups excluding carboxylic acids is 1. The van der Waals surface area contributed by atoms with E-state index in [-0.39, 0.29) is 18.5 Å². The van der Waals surface area contributed by atoms with Gasteiger partial charge in [-0.2, -0.15) is 0 Å². The second kappa shape index (κ2) is 6.16. The van der Waals surface area contributed by atoms with Crippen LogP contribution in [0.25, 0.3) is 0 Å². The maximum Gasteiger partial charge on any atom is 0.246 e. The molecule has 0 radical (unpaired) electrons. The zero-order chi connectivity index (χ0) is 14.5. The van der Waals surface area contributed by atoms with Gasteiger partial charge in [0, 0.05) is 6.04 Å². The van der Waals surface area contributed by atoms with Gasteiger partial charge in [-0.1, -0.05) is 17.3 Å². The average molecular weight is 275 g/mol. The number of hydrogen-bond acceptors (Lipinski definition) is 5. The minimum atomic E-state index is -0.212. The van der Waals surface area contributed by atoms with Crippen molar-refractivity contribution >= 4 is 11.6 Å². The van der Waals surface area contributed by atoms with Crippen LogP contribution in [-0.2, 0) is 11.3 Å². The van der Waals surface area contributed by atoms with Gasteiger partial charge >= 0.3 is 0 Å². The first kappa shape index (κ1) is 14.0. The van der Waals surface area contributed by atoms with E-state index in [1.807, 2.05) is 19.1 Å². The van der Waals surface area contributed by atoms with Crippen molar-refractivity contribution in [3.63, 3.8) is 0 Å². The largest absolute Gasteiger partial charge is 0.495 e. The zero-order valence-electron chi connectivity index (χ0n) is 11.4. The number of para-hydroxylation sites is 2. The molecule has 0 aliphatic heterocycles. The summed E-state index contributed by atoms with van der Waals surface area (Å²) in [6, 6.07) is 6.99. The van der Waals surface area contributed by atoms with Gasteiger partial charge in [-0.15, -0.1) is 5.10 Å². The van der Waals surface area contributed by atoms with Crippen LogP contribution in [0, 0.1) is 0 Å². The summed E-state index contributed by atoms with van der Waals surface area (Å²) in [5, 5.41) is 10.5. The molecule has 7 heteroatoms. The fourth-order valence-electron chi connectivity index (χ4n) is 1.68. The van der Waals surface area contributed by atoms with Gasteiger partial charge in [-0.3, -0.25) is 4.79 Å². The Labute approximate surface area is 116 Å². The molecule has 0 saturated heterocycles. The van der Waals surface area contributed by atoms with Crippen molar-refractivity contribution in [2.75, 3.05) is 12.4 Å². The van der Waals surface area contributed by atoms with E-state index < -0.39 is 0 Å². The lowest BCUT2D eigenvalue weighted by atomic mass is 10.3. The minimum absolute atomic E-state index is 0.0672. The van der Waals surface area contributed by atoms with Crippen LogP contribution in [0.1, 0.15) is 18.7 Å². The van der Waals surface area contributed by atoms with Gasteiger partial charge in [-0.05, 0) is 19.1 Å². The standard InChI is InChI=1S/C13H17N5O2/c1-9(14)11-7-18(17-16-11)8-13(19)15-10-5-3-4-6-12(10)20-2/h3-7,9H,8,14H2,1-2H3,(H,15,19). The van der Waals surface area contributed by atoms with Gasteiger partial charge < -0.3 is 15.8 Å². The number of methoxy groups -OCH3 is 1. The summed E-state index contributed by atoms with van der Waals surface area (Å²) < 4.78 is 6.61. The molecule has 0 bridgehead atoms. The molecule has 1 unspecified atom stereocenters. The Kier molecular flexibility index (Phi) is 4.31. The third-order valence-corrected chi connectivity index (χ3v) is 2.71. The van der Waals surface area contributed by atoms with Gasteiger partial charge in [0.1, 0.15) is 12.3 Å². The van der Waals surface area contributed by atoms with Gasteiger partial charge in [0.25, 0.3) is 0 Å². The second-order valence-electron chi connectivity index (χ2n) is 4.38. The molecule has 20 heavy (non-hydrogen) atoms. The van der Waals surface area contributed by atoms with E-state index in [0.717, 1.165) is 0 Å². The number of benzene rings is 1. The number of nitrogens with two attached hydrogens (primary N) is 1. The normalized spacial score (nSPS) is 11.9. The summed E-state index contributed by atoms with van der Waals surface area (Å²) in [5.41, 5.74) is 6.95. The number of hydrogen-bond donors (Lipinski definition) is 2. The molecule has 1 atom stereocenters. The molecular formula is C13H17N5O2. The summed E-state index contributed by atoms with van der Waals surface area (Å²) in [5.74, 6) is 0.395. The number of ether oxygens (including phenoxy) is 1. The fraction of sp³-hybridized carbons (Fsp3) is 0.308. The Hall–Kier alpha value is -2.41. The first-order valence-electron chi connectivity index (χ1n) is 6.18. The fourth-order valence-corrected chi connectivity index (χ4v) is 1.68. The van der Waals surface area contributed by atoms with Gasteiger partial charge in [0.2, 0.25) is 5.91 Å². The summed E-state index contributed by atoms with van der Waals surface area (Å²) in [6.07, 6.45) is 1.66. The Bertz CT molecular complexity index is 594. The molecule has 1 aromatic heterocycles. The molecule has 2 rings (SSSR count). The Morgan fingerprint density at radius 2 is 2.25 bits per heavy atom. The predicted octanol–water partition coefficient (Wildman–Crippen LogP) is 0.945. The Morgan fingerprint density at radius 1 is 1.50 bits per heavy atom. The molecule has 0 aliphatic rings. The molecule has 1 amide bonds. The van der Waals surface area contributed by atoms with Gasteiger partial charge in [0.15, 0.2) is 0 Å². The van der Waals surface area contributed by atoms with E-state index in [1.165, 1.54) is 4.68 Å². The number of nitrogens with one attached hydrogen (secondary N) is 1. The van der Waals surface area contributed by atoms with Crippen LogP contribution in [0.5, 0.6) is 5.75 Å². The van der Waals surface area contributed by atoms with E-state index >= 15 is 0 Å². The van der Waals surface area contributed by atoms with Crippen LogP contribution in [0.2, 0.25) is 0 Å². The molecule has 3 N–H and O–H groups in total. The van der Waals surface area contributed by atoms with Gasteiger partial charge in [-0.25, -0.2) is 4.68 Å². The van der Waals surface area contributed by atoms with Crippen molar-refractivity contribution < 1.29 is 9.53 Å². The van der Waals surface area contributed by atoms with E-state index in [0.29, 0.717) is 17.1 Å². The van der Waals surface area contributed by atoms with Crippen LogP contribution in [-0.4, -0.2) is 28.0 Å². The van der Waals surface area contributed by atoms with E-state index in [4.69, 9.17) is 10.5 Å². The SMILES string of the molecule is COc1ccccc1NC(=O)Cn1cc(C(C)N)nn1. The number of carbonyl (C=O) groups is 1. The summed E-state index contributed by atoms with van der Waals surface area (Å²) in [4.78, 5) is 11.9. The third-order valence-electron chi connectivity index (χ3n) is 2.71. The van der Waals surface area contributed by atoms with Crippen molar-refractivity contribution in [1.29, 1.82) is 0 Å². The smallest absolute Gasteiger partial charge is 0.246 e. The van der Waals surface area contributed by atoms with Crippen molar-refractivity contribution in [1.82, 2.24) is 15.0 Å². The molecule has 1 heterocycles. The van der Waals surface area contributed by atoms with Crippen LogP contribution in [0.3, 0.4) is 0 Å². The highest BCUT2D eigenvalue weighted by Gasteiger charge is 2.10. The molecule has 0 saturated carbocycles. The summed E-state index contributed by atoms with van der Waals surface area (Å²) in [7, 11) is 1.55. The minimum Gasteiger partial charge on any atom is -0.495 e. The number of anilines is 1. The maximum absolute atomic E-state index is 11.9. The Morgan fingerprint density at radius 3 is 2.90 bits per heavy atom. The summed E-state index contributed by atoms with van der Waals surface area (Å²) >= 11 is 0. The molecule has 1 aromatic carbocycles. The lowest BCUT2D eigenvalue weighted by molar-refractivity contribution is -0.116. The molecule has 7 nitrogen and oxygen atoms in total. The number of nitrogens with zero attached hydrogens (tertiary/aromatic N) is 3. The quantitative estimate of drug-likeness (QED) is 0.847. The molecule has 106 valence electrons. The monoisotopic (exact) mass is 275 g/mol. The second-order valence-corrected chi connectivity index (χ2v) is 4.38. The van der Waals surface area contributed by atoms with E-state index in [9.17, 15) is 4.79 Å². The zero-order valence-corrected chi connectivity index (χ0v) is 11.4. The van der Waals surface area contributed by atoms with Crippen molar-refractivity contribution in [3.05, 3.63) is 36.2 Å². The number of amides is 1. The molecule has 0 spiro atoms. The number of rotatable bonds is 5. The Balaban J connectivity index is 2.01. The molecule has 2 aromatic rings. The number of aromatic nitrogens is 3. The topological polar surface area (TPSA) is 95.1 Å². The molecule has 0 aliphatic carbocycles. The first-order chi connectivity index (χ1) is 9.60. The first-order valence-corrected chi connectivity index (χ1v) is 6.18. The predicted molar refractivity (Wildman–Crippen MR) is 74.2 cm³/mol. The van der Waals surface area contributed by atoms with Crippen molar-refractivity contribution in [2.45, 2.75) is 19.5 Å². The molecular weight excluding hydrogens is 258 g/mol. The highest BCUT2D eigenvalue weighted by molar-refractivity contribution is 5.92. The van der Waals surface area contributed by atoms with E-state index in [2.05, 4.69) is 15.6 Å². The highest BCUT2D eigenvalue weighted by Crippen LogP contribution is 2.22. The molecule has 0 fully saturated rings. The lowest BCUT2D eigenvalue weighted by Gasteiger charge is -2.09. The highest BCUT2D eigenvalue weighted by atomic mass is 16.5. The van der Waals surface area contributed by atoms with Crippen LogP contribution < -0.4 is 15.8 Å². The van der Waals surface area contributed by atoms with Crippen molar-refractivity contribution in [3.8, 4) is 5.75 Å². The third kappa shape index (κ3) is 3.33. The average Bonchev–Trinajstić information content (AvgIpc) is 2.88. The summed E-state index contributed by atoms with van der Waals surface area (Å²) in [6.45, 7) is 1.88. The van der Waals surface area contributed by atoms with Gasteiger partial charge in [0.05, 0.1) is 24.7 Å². The van der Waals surface area contributed by atoms with Crippen LogP contribution >= 0.6 is 0 Å². The van der Waals surface area contributed by atoms with Crippen LogP contribution in [0.4, 0.5) is 5.69 Å².